The first-order chi connectivity index (χ1) is 10.8. The lowest BCUT2D eigenvalue weighted by Crippen LogP contribution is -2.39. The van der Waals surface area contributed by atoms with Crippen molar-refractivity contribution < 1.29 is 28.7 Å². The van der Waals surface area contributed by atoms with E-state index in [0.717, 1.165) is 0 Å². The van der Waals surface area contributed by atoms with Crippen molar-refractivity contribution >= 4 is 23.6 Å². The zero-order chi connectivity index (χ0) is 17.6. The second-order valence-electron chi connectivity index (χ2n) is 4.90. The molecule has 1 aromatic carbocycles. The highest BCUT2D eigenvalue weighted by molar-refractivity contribution is 5.99. The predicted octanol–water partition coefficient (Wildman–Crippen LogP) is 1.03. The van der Waals surface area contributed by atoms with Gasteiger partial charge in [-0.1, -0.05) is 12.1 Å². The molecule has 1 rings (SSSR count). The fourth-order valence-electron chi connectivity index (χ4n) is 2.19. The molecule has 0 aliphatic rings. The number of esters is 2. The Balaban J connectivity index is 3.24. The van der Waals surface area contributed by atoms with Crippen molar-refractivity contribution in [3.8, 4) is 0 Å². The molecular weight excluding hydrogens is 302 g/mol. The lowest BCUT2D eigenvalue weighted by molar-refractivity contribution is -0.150. The van der Waals surface area contributed by atoms with Crippen LogP contribution >= 0.6 is 0 Å². The molecule has 0 fully saturated rings. The maximum Gasteiger partial charge on any atom is 0.337 e. The number of amides is 1. The average Bonchev–Trinajstić information content (AvgIpc) is 2.52. The van der Waals surface area contributed by atoms with Gasteiger partial charge in [0, 0.05) is 6.92 Å². The van der Waals surface area contributed by atoms with E-state index in [9.17, 15) is 19.2 Å². The van der Waals surface area contributed by atoms with Crippen molar-refractivity contribution in [3.05, 3.63) is 35.4 Å². The van der Waals surface area contributed by atoms with E-state index in [2.05, 4.69) is 14.8 Å². The summed E-state index contributed by atoms with van der Waals surface area (Å²) >= 11 is 0. The number of methoxy groups -OCH3 is 2. The van der Waals surface area contributed by atoms with Gasteiger partial charge in [-0.25, -0.2) is 4.79 Å². The molecule has 0 aromatic heterocycles. The topological polar surface area (TPSA) is 98.8 Å². The minimum atomic E-state index is -1.17. The summed E-state index contributed by atoms with van der Waals surface area (Å²) in [4.78, 5) is 46.6. The minimum Gasteiger partial charge on any atom is -0.468 e. The van der Waals surface area contributed by atoms with E-state index < -0.39 is 35.6 Å². The van der Waals surface area contributed by atoms with Crippen LogP contribution in [-0.4, -0.2) is 37.8 Å². The zero-order valence-corrected chi connectivity index (χ0v) is 13.4. The highest BCUT2D eigenvalue weighted by Crippen LogP contribution is 2.25. The standard InChI is InChI=1S/C16H19NO6/c1-9(18)13(16(21)23-4)14(17-10(2)19)11-5-7-12(8-6-11)15(20)22-3/h5-8,13-14H,1-4H3,(H,17,19). The second kappa shape index (κ2) is 8.07. The molecular formula is C16H19NO6. The van der Waals surface area contributed by atoms with Crippen LogP contribution in [0.2, 0.25) is 0 Å². The van der Waals surface area contributed by atoms with Gasteiger partial charge in [-0.3, -0.25) is 14.4 Å². The number of nitrogens with one attached hydrogen (secondary N) is 1. The number of ketones is 1. The van der Waals surface area contributed by atoms with Gasteiger partial charge in [0.1, 0.15) is 11.7 Å². The quantitative estimate of drug-likeness (QED) is 0.620. The predicted molar refractivity (Wildman–Crippen MR) is 80.5 cm³/mol. The molecule has 0 saturated heterocycles. The van der Waals surface area contributed by atoms with E-state index in [-0.39, 0.29) is 0 Å². The number of Topliss-reactive ketones (excluding diaryl/α,β-unsaturated/α-hetero) is 1. The lowest BCUT2D eigenvalue weighted by Gasteiger charge is -2.24. The molecule has 2 unspecified atom stereocenters. The molecule has 1 aromatic rings. The van der Waals surface area contributed by atoms with E-state index >= 15 is 0 Å². The molecule has 2 atom stereocenters. The van der Waals surface area contributed by atoms with E-state index in [1.807, 2.05) is 0 Å². The molecule has 0 saturated carbocycles. The maximum atomic E-state index is 11.9. The van der Waals surface area contributed by atoms with Crippen molar-refractivity contribution in [3.63, 3.8) is 0 Å². The zero-order valence-electron chi connectivity index (χ0n) is 13.4. The number of carbonyl (C=O) groups excluding carboxylic acids is 4. The molecule has 124 valence electrons. The Morgan fingerprint density at radius 2 is 1.52 bits per heavy atom. The van der Waals surface area contributed by atoms with Crippen molar-refractivity contribution in [1.82, 2.24) is 5.32 Å². The van der Waals surface area contributed by atoms with Crippen LogP contribution in [0.25, 0.3) is 0 Å². The summed E-state index contributed by atoms with van der Waals surface area (Å²) in [6, 6.07) is 5.19. The van der Waals surface area contributed by atoms with Crippen molar-refractivity contribution in [2.24, 2.45) is 5.92 Å². The van der Waals surface area contributed by atoms with Gasteiger partial charge in [0.05, 0.1) is 25.8 Å². The first-order valence-electron chi connectivity index (χ1n) is 6.85. The van der Waals surface area contributed by atoms with Crippen LogP contribution in [0.4, 0.5) is 0 Å². The number of hydrogen-bond donors (Lipinski definition) is 1. The minimum absolute atomic E-state index is 0.315. The van der Waals surface area contributed by atoms with E-state index in [4.69, 9.17) is 0 Å². The van der Waals surface area contributed by atoms with Crippen LogP contribution in [0.15, 0.2) is 24.3 Å². The highest BCUT2D eigenvalue weighted by atomic mass is 16.5. The molecule has 0 radical (unpaired) electrons. The summed E-state index contributed by atoms with van der Waals surface area (Å²) in [5.74, 6) is -3.26. The summed E-state index contributed by atoms with van der Waals surface area (Å²) < 4.78 is 9.26. The highest BCUT2D eigenvalue weighted by Gasteiger charge is 2.35. The summed E-state index contributed by atoms with van der Waals surface area (Å²) in [5, 5.41) is 2.58. The Hall–Kier alpha value is -2.70. The van der Waals surface area contributed by atoms with Gasteiger partial charge < -0.3 is 14.8 Å². The first-order valence-corrected chi connectivity index (χ1v) is 6.85. The van der Waals surface area contributed by atoms with Crippen molar-refractivity contribution in [1.29, 1.82) is 0 Å². The molecule has 23 heavy (non-hydrogen) atoms. The molecule has 7 heteroatoms. The number of carbonyl (C=O) groups is 4. The molecule has 0 spiro atoms. The molecule has 1 amide bonds. The molecule has 0 aliphatic carbocycles. The fourth-order valence-corrected chi connectivity index (χ4v) is 2.19. The van der Waals surface area contributed by atoms with E-state index in [0.29, 0.717) is 11.1 Å². The number of rotatable bonds is 6. The SMILES string of the molecule is COC(=O)c1ccc(C(NC(C)=O)C(C(C)=O)C(=O)OC)cc1. The Morgan fingerprint density at radius 3 is 1.91 bits per heavy atom. The van der Waals surface area contributed by atoms with Crippen LogP contribution in [0.5, 0.6) is 0 Å². The van der Waals surface area contributed by atoms with Gasteiger partial charge in [0.15, 0.2) is 0 Å². The summed E-state index contributed by atoms with van der Waals surface area (Å²) in [6.07, 6.45) is 0. The summed E-state index contributed by atoms with van der Waals surface area (Å²) in [5.41, 5.74) is 0.814. The molecule has 7 nitrogen and oxygen atoms in total. The maximum absolute atomic E-state index is 11.9. The molecule has 0 heterocycles. The Morgan fingerprint density at radius 1 is 0.957 bits per heavy atom. The van der Waals surface area contributed by atoms with E-state index in [1.54, 1.807) is 12.1 Å². The van der Waals surface area contributed by atoms with Gasteiger partial charge in [-0.15, -0.1) is 0 Å². The van der Waals surface area contributed by atoms with Gasteiger partial charge in [0.25, 0.3) is 0 Å². The second-order valence-corrected chi connectivity index (χ2v) is 4.90. The first kappa shape index (κ1) is 18.3. The number of hydrogen-bond acceptors (Lipinski definition) is 6. The van der Waals surface area contributed by atoms with Crippen LogP contribution in [-0.2, 0) is 23.9 Å². The Labute approximate surface area is 134 Å². The summed E-state index contributed by atoms with van der Waals surface area (Å²) in [6.45, 7) is 2.53. The third kappa shape index (κ3) is 4.64. The average molecular weight is 321 g/mol. The van der Waals surface area contributed by atoms with Gasteiger partial charge >= 0.3 is 11.9 Å². The Bertz CT molecular complexity index is 608. The normalized spacial score (nSPS) is 12.7. The van der Waals surface area contributed by atoms with Gasteiger partial charge in [0.2, 0.25) is 5.91 Å². The molecule has 0 bridgehead atoms. The lowest BCUT2D eigenvalue weighted by atomic mass is 9.89. The summed E-state index contributed by atoms with van der Waals surface area (Å²) in [7, 11) is 2.43. The van der Waals surface area contributed by atoms with Crippen LogP contribution < -0.4 is 5.32 Å². The Kier molecular flexibility index (Phi) is 6.44. The van der Waals surface area contributed by atoms with Crippen LogP contribution in [0.3, 0.4) is 0 Å². The monoisotopic (exact) mass is 321 g/mol. The largest absolute Gasteiger partial charge is 0.468 e. The van der Waals surface area contributed by atoms with Crippen LogP contribution in [0.1, 0.15) is 35.8 Å². The third-order valence-corrected chi connectivity index (χ3v) is 3.28. The van der Waals surface area contributed by atoms with Gasteiger partial charge in [-0.2, -0.15) is 0 Å². The van der Waals surface area contributed by atoms with Crippen molar-refractivity contribution in [2.45, 2.75) is 19.9 Å². The van der Waals surface area contributed by atoms with E-state index in [1.165, 1.54) is 40.2 Å². The smallest absolute Gasteiger partial charge is 0.337 e. The van der Waals surface area contributed by atoms with Gasteiger partial charge in [-0.05, 0) is 24.6 Å². The van der Waals surface area contributed by atoms with Crippen molar-refractivity contribution in [2.75, 3.05) is 14.2 Å². The molecule has 0 aliphatic heterocycles. The number of benzene rings is 1. The number of ether oxygens (including phenoxy) is 2. The fraction of sp³-hybridized carbons (Fsp3) is 0.375. The third-order valence-electron chi connectivity index (χ3n) is 3.28. The van der Waals surface area contributed by atoms with Crippen LogP contribution in [0, 0.1) is 5.92 Å². The molecule has 1 N–H and O–H groups in total.